The van der Waals surface area contributed by atoms with Crippen molar-refractivity contribution in [2.45, 2.75) is 0 Å². The number of carbonyl (C=O) groups is 1. The molecule has 0 atom stereocenters. The van der Waals surface area contributed by atoms with Crippen molar-refractivity contribution in [1.82, 2.24) is 10.2 Å². The standard InChI is InChI=1S/C7H14N2O/c1-6(5-9(3)4)7(10)8-2/h1,5H2,2-4H3,(H,8,10). The molecule has 0 heterocycles. The molecule has 0 fully saturated rings. The molecular formula is C7H14N2O. The van der Waals surface area contributed by atoms with Gasteiger partial charge in [-0.3, -0.25) is 4.79 Å². The average Bonchev–Trinajstić information content (AvgIpc) is 1.85. The topological polar surface area (TPSA) is 32.3 Å². The largest absolute Gasteiger partial charge is 0.355 e. The third-order valence-corrected chi connectivity index (χ3v) is 1.06. The molecule has 1 N–H and O–H groups in total. The minimum absolute atomic E-state index is 0.0892. The number of hydrogen-bond acceptors (Lipinski definition) is 2. The minimum atomic E-state index is -0.0892. The third-order valence-electron chi connectivity index (χ3n) is 1.06. The van der Waals surface area contributed by atoms with Gasteiger partial charge in [0.1, 0.15) is 0 Å². The van der Waals surface area contributed by atoms with E-state index in [0.29, 0.717) is 12.1 Å². The van der Waals surface area contributed by atoms with Gasteiger partial charge in [-0.1, -0.05) is 6.58 Å². The van der Waals surface area contributed by atoms with Crippen LogP contribution in [0.2, 0.25) is 0 Å². The number of carbonyl (C=O) groups excluding carboxylic acids is 1. The molecule has 0 aromatic heterocycles. The second-order valence-corrected chi connectivity index (χ2v) is 2.42. The molecule has 0 aromatic carbocycles. The zero-order chi connectivity index (χ0) is 8.15. The monoisotopic (exact) mass is 142 g/mol. The molecule has 0 aliphatic rings. The first kappa shape index (κ1) is 9.17. The highest BCUT2D eigenvalue weighted by Gasteiger charge is 2.03. The van der Waals surface area contributed by atoms with E-state index in [1.807, 2.05) is 19.0 Å². The van der Waals surface area contributed by atoms with Crippen molar-refractivity contribution in [1.29, 1.82) is 0 Å². The second kappa shape index (κ2) is 4.06. The van der Waals surface area contributed by atoms with Crippen LogP contribution in [0.15, 0.2) is 12.2 Å². The lowest BCUT2D eigenvalue weighted by atomic mass is 10.3. The summed E-state index contributed by atoms with van der Waals surface area (Å²) in [7, 11) is 5.39. The van der Waals surface area contributed by atoms with E-state index in [4.69, 9.17) is 0 Å². The maximum absolute atomic E-state index is 10.8. The van der Waals surface area contributed by atoms with E-state index in [0.717, 1.165) is 0 Å². The smallest absolute Gasteiger partial charge is 0.247 e. The molecule has 0 aliphatic carbocycles. The highest BCUT2D eigenvalue weighted by Crippen LogP contribution is 1.90. The fourth-order valence-electron chi connectivity index (χ4n) is 0.630. The van der Waals surface area contributed by atoms with Gasteiger partial charge >= 0.3 is 0 Å². The summed E-state index contributed by atoms with van der Waals surface area (Å²) >= 11 is 0. The first-order chi connectivity index (χ1) is 4.57. The van der Waals surface area contributed by atoms with E-state index >= 15 is 0 Å². The predicted molar refractivity (Wildman–Crippen MR) is 41.8 cm³/mol. The average molecular weight is 142 g/mol. The molecular weight excluding hydrogens is 128 g/mol. The van der Waals surface area contributed by atoms with Crippen LogP contribution in [0.4, 0.5) is 0 Å². The van der Waals surface area contributed by atoms with Gasteiger partial charge in [-0.2, -0.15) is 0 Å². The third kappa shape index (κ3) is 3.25. The number of likely N-dealkylation sites (N-methyl/N-ethyl adjacent to an activating group) is 2. The molecule has 0 saturated carbocycles. The van der Waals surface area contributed by atoms with Crippen LogP contribution in [0, 0.1) is 0 Å². The summed E-state index contributed by atoms with van der Waals surface area (Å²) in [6.45, 7) is 4.22. The molecule has 10 heavy (non-hydrogen) atoms. The maximum Gasteiger partial charge on any atom is 0.247 e. The van der Waals surface area contributed by atoms with Gasteiger partial charge in [0.2, 0.25) is 5.91 Å². The lowest BCUT2D eigenvalue weighted by Gasteiger charge is -2.09. The highest BCUT2D eigenvalue weighted by atomic mass is 16.1. The summed E-state index contributed by atoms with van der Waals surface area (Å²) < 4.78 is 0. The minimum Gasteiger partial charge on any atom is -0.355 e. The number of hydrogen-bond donors (Lipinski definition) is 1. The Morgan fingerprint density at radius 1 is 1.60 bits per heavy atom. The Labute approximate surface area is 61.7 Å². The molecule has 0 radical (unpaired) electrons. The van der Waals surface area contributed by atoms with Gasteiger partial charge in [0.15, 0.2) is 0 Å². The second-order valence-electron chi connectivity index (χ2n) is 2.42. The Bertz CT molecular complexity index is 141. The normalized spacial score (nSPS) is 9.60. The van der Waals surface area contributed by atoms with Crippen molar-refractivity contribution in [3.8, 4) is 0 Å². The fourth-order valence-corrected chi connectivity index (χ4v) is 0.630. The number of rotatable bonds is 3. The summed E-state index contributed by atoms with van der Waals surface area (Å²) in [4.78, 5) is 12.7. The summed E-state index contributed by atoms with van der Waals surface area (Å²) in [6, 6.07) is 0. The van der Waals surface area contributed by atoms with Crippen molar-refractivity contribution in [2.24, 2.45) is 0 Å². The summed E-state index contributed by atoms with van der Waals surface area (Å²) in [5, 5.41) is 2.50. The molecule has 58 valence electrons. The SMILES string of the molecule is C=C(CN(C)C)C(=O)NC. The van der Waals surface area contributed by atoms with E-state index in [9.17, 15) is 4.79 Å². The van der Waals surface area contributed by atoms with Gasteiger partial charge in [0.05, 0.1) is 0 Å². The van der Waals surface area contributed by atoms with Crippen LogP contribution in [0.1, 0.15) is 0 Å². The predicted octanol–water partition coefficient (Wildman–Crippen LogP) is -0.150. The van der Waals surface area contributed by atoms with E-state index in [1.54, 1.807) is 7.05 Å². The van der Waals surface area contributed by atoms with Crippen molar-refractivity contribution in [3.05, 3.63) is 12.2 Å². The molecule has 3 heteroatoms. The van der Waals surface area contributed by atoms with E-state index in [1.165, 1.54) is 0 Å². The van der Waals surface area contributed by atoms with Gasteiger partial charge in [0, 0.05) is 19.2 Å². The maximum atomic E-state index is 10.8. The molecule has 1 amide bonds. The van der Waals surface area contributed by atoms with Crippen molar-refractivity contribution >= 4 is 5.91 Å². The van der Waals surface area contributed by atoms with Crippen LogP contribution in [0.3, 0.4) is 0 Å². The van der Waals surface area contributed by atoms with Crippen LogP contribution in [0.25, 0.3) is 0 Å². The van der Waals surface area contributed by atoms with Gasteiger partial charge in [-0.15, -0.1) is 0 Å². The van der Waals surface area contributed by atoms with Crippen LogP contribution < -0.4 is 5.32 Å². The van der Waals surface area contributed by atoms with Crippen molar-refractivity contribution in [3.63, 3.8) is 0 Å². The summed E-state index contributed by atoms with van der Waals surface area (Å²) in [6.07, 6.45) is 0. The number of nitrogens with one attached hydrogen (secondary N) is 1. The summed E-state index contributed by atoms with van der Waals surface area (Å²) in [5.74, 6) is -0.0892. The molecule has 0 unspecified atom stereocenters. The molecule has 0 rings (SSSR count). The van der Waals surface area contributed by atoms with E-state index in [2.05, 4.69) is 11.9 Å². The molecule has 0 aliphatic heterocycles. The van der Waals surface area contributed by atoms with Gasteiger partial charge in [-0.25, -0.2) is 0 Å². The zero-order valence-corrected chi connectivity index (χ0v) is 6.77. The zero-order valence-electron chi connectivity index (χ0n) is 6.77. The Balaban J connectivity index is 3.74. The Morgan fingerprint density at radius 2 is 2.10 bits per heavy atom. The molecule has 0 aromatic rings. The van der Waals surface area contributed by atoms with Gasteiger partial charge in [0.25, 0.3) is 0 Å². The van der Waals surface area contributed by atoms with E-state index in [-0.39, 0.29) is 5.91 Å². The Hall–Kier alpha value is -0.830. The highest BCUT2D eigenvalue weighted by molar-refractivity contribution is 5.92. The fraction of sp³-hybridized carbons (Fsp3) is 0.571. The lowest BCUT2D eigenvalue weighted by Crippen LogP contribution is -2.26. The first-order valence-electron chi connectivity index (χ1n) is 3.12. The van der Waals surface area contributed by atoms with Crippen LogP contribution >= 0.6 is 0 Å². The number of amides is 1. The van der Waals surface area contributed by atoms with Crippen LogP contribution in [-0.2, 0) is 4.79 Å². The van der Waals surface area contributed by atoms with E-state index < -0.39 is 0 Å². The number of nitrogens with zero attached hydrogens (tertiary/aromatic N) is 1. The quantitative estimate of drug-likeness (QED) is 0.556. The lowest BCUT2D eigenvalue weighted by molar-refractivity contribution is -0.117. The molecule has 0 spiro atoms. The van der Waals surface area contributed by atoms with Crippen LogP contribution in [0.5, 0.6) is 0 Å². The Morgan fingerprint density at radius 3 is 2.40 bits per heavy atom. The van der Waals surface area contributed by atoms with Gasteiger partial charge in [-0.05, 0) is 14.1 Å². The Kier molecular flexibility index (Phi) is 3.72. The first-order valence-corrected chi connectivity index (χ1v) is 3.12. The van der Waals surface area contributed by atoms with Crippen LogP contribution in [-0.4, -0.2) is 38.5 Å². The molecule has 0 saturated heterocycles. The van der Waals surface area contributed by atoms with Crippen molar-refractivity contribution in [2.75, 3.05) is 27.7 Å². The molecule has 3 nitrogen and oxygen atoms in total. The molecule has 0 bridgehead atoms. The van der Waals surface area contributed by atoms with Gasteiger partial charge < -0.3 is 10.2 Å². The summed E-state index contributed by atoms with van der Waals surface area (Å²) in [5.41, 5.74) is 0.590. The van der Waals surface area contributed by atoms with Crippen molar-refractivity contribution < 1.29 is 4.79 Å².